The van der Waals surface area contributed by atoms with Crippen molar-refractivity contribution in [2.24, 2.45) is 11.8 Å². The van der Waals surface area contributed by atoms with Crippen molar-refractivity contribution in [2.75, 3.05) is 0 Å². The Labute approximate surface area is 156 Å². The number of rotatable bonds is 15. The quantitative estimate of drug-likeness (QED) is 0.278. The summed E-state index contributed by atoms with van der Waals surface area (Å²) in [5, 5.41) is 10.5. The lowest BCUT2D eigenvalue weighted by atomic mass is 9.89. The van der Waals surface area contributed by atoms with E-state index in [2.05, 4.69) is 20.8 Å². The largest absolute Gasteiger partial charge is 0.459 e. The third-order valence-corrected chi connectivity index (χ3v) is 5.13. The van der Waals surface area contributed by atoms with Gasteiger partial charge in [-0.3, -0.25) is 4.79 Å². The summed E-state index contributed by atoms with van der Waals surface area (Å²) < 4.78 is 5.52. The van der Waals surface area contributed by atoms with E-state index in [4.69, 9.17) is 4.74 Å². The van der Waals surface area contributed by atoms with Gasteiger partial charge in [-0.05, 0) is 32.6 Å². The molecule has 0 saturated heterocycles. The number of carbonyl (C=O) groups is 1. The van der Waals surface area contributed by atoms with E-state index in [0.29, 0.717) is 12.3 Å². The molecule has 0 saturated carbocycles. The molecule has 1 N–H and O–H groups in total. The minimum Gasteiger partial charge on any atom is -0.459 e. The van der Waals surface area contributed by atoms with Crippen LogP contribution in [0.4, 0.5) is 0 Å². The standard InChI is InChI=1S/C22H44O3/c1-7-8-9-10-11-12-13-14-15-16-19(4)21(23)25-20(5)22(6,24)17-18(2)3/h18-20,24H,7-17H2,1-6H3. The third kappa shape index (κ3) is 12.4. The van der Waals surface area contributed by atoms with Crippen molar-refractivity contribution in [1.82, 2.24) is 0 Å². The molecular weight excluding hydrogens is 312 g/mol. The Morgan fingerprint density at radius 2 is 1.40 bits per heavy atom. The van der Waals surface area contributed by atoms with Crippen molar-refractivity contribution in [3.63, 3.8) is 0 Å². The van der Waals surface area contributed by atoms with Crippen LogP contribution in [0.2, 0.25) is 0 Å². The zero-order valence-corrected chi connectivity index (χ0v) is 17.8. The van der Waals surface area contributed by atoms with Gasteiger partial charge in [0.15, 0.2) is 0 Å². The van der Waals surface area contributed by atoms with Gasteiger partial charge in [-0.2, -0.15) is 0 Å². The summed E-state index contributed by atoms with van der Waals surface area (Å²) in [5.74, 6) is 0.119. The number of hydrogen-bond donors (Lipinski definition) is 1. The van der Waals surface area contributed by atoms with Gasteiger partial charge in [-0.25, -0.2) is 0 Å². The number of ether oxygens (including phenoxy) is 1. The Morgan fingerprint density at radius 3 is 1.88 bits per heavy atom. The topological polar surface area (TPSA) is 46.5 Å². The molecule has 0 spiro atoms. The van der Waals surface area contributed by atoms with E-state index in [-0.39, 0.29) is 11.9 Å². The summed E-state index contributed by atoms with van der Waals surface area (Å²) in [4.78, 5) is 12.2. The van der Waals surface area contributed by atoms with Crippen molar-refractivity contribution in [3.8, 4) is 0 Å². The van der Waals surface area contributed by atoms with Crippen LogP contribution in [-0.2, 0) is 9.53 Å². The Hall–Kier alpha value is -0.570. The average molecular weight is 357 g/mol. The molecule has 0 aromatic rings. The molecular formula is C22H44O3. The molecule has 0 heterocycles. The Balaban J connectivity index is 3.85. The van der Waals surface area contributed by atoms with Crippen LogP contribution < -0.4 is 0 Å². The molecule has 0 aliphatic heterocycles. The first-order valence-corrected chi connectivity index (χ1v) is 10.6. The molecule has 3 heteroatoms. The number of esters is 1. The van der Waals surface area contributed by atoms with E-state index in [9.17, 15) is 9.90 Å². The maximum atomic E-state index is 12.2. The summed E-state index contributed by atoms with van der Waals surface area (Å²) in [5.41, 5.74) is -0.957. The van der Waals surface area contributed by atoms with Gasteiger partial charge < -0.3 is 9.84 Å². The van der Waals surface area contributed by atoms with Crippen LogP contribution >= 0.6 is 0 Å². The predicted molar refractivity (Wildman–Crippen MR) is 107 cm³/mol. The minimum absolute atomic E-state index is 0.0816. The number of carbonyl (C=O) groups excluding carboxylic acids is 1. The molecule has 0 radical (unpaired) electrons. The first-order valence-electron chi connectivity index (χ1n) is 10.6. The van der Waals surface area contributed by atoms with Gasteiger partial charge in [0.25, 0.3) is 0 Å². The molecule has 0 fully saturated rings. The molecule has 0 bridgehead atoms. The smallest absolute Gasteiger partial charge is 0.309 e. The predicted octanol–water partition coefficient (Wildman–Crippen LogP) is 6.27. The van der Waals surface area contributed by atoms with Crippen LogP contribution in [0.3, 0.4) is 0 Å². The average Bonchev–Trinajstić information content (AvgIpc) is 2.51. The van der Waals surface area contributed by atoms with Crippen LogP contribution in [0.15, 0.2) is 0 Å². The maximum Gasteiger partial charge on any atom is 0.309 e. The number of hydrogen-bond acceptors (Lipinski definition) is 3. The molecule has 3 atom stereocenters. The maximum absolute atomic E-state index is 12.2. The molecule has 25 heavy (non-hydrogen) atoms. The molecule has 0 aromatic heterocycles. The highest BCUT2D eigenvalue weighted by Gasteiger charge is 2.33. The van der Waals surface area contributed by atoms with Gasteiger partial charge >= 0.3 is 5.97 Å². The molecule has 0 amide bonds. The summed E-state index contributed by atoms with van der Waals surface area (Å²) >= 11 is 0. The fraction of sp³-hybridized carbons (Fsp3) is 0.955. The first-order chi connectivity index (χ1) is 11.7. The monoisotopic (exact) mass is 356 g/mol. The Kier molecular flexibility index (Phi) is 13.3. The molecule has 0 aliphatic rings. The SMILES string of the molecule is CCCCCCCCCCCC(C)C(=O)OC(C)C(C)(O)CC(C)C. The number of aliphatic hydroxyl groups is 1. The summed E-state index contributed by atoms with van der Waals surface area (Å²) in [7, 11) is 0. The van der Waals surface area contributed by atoms with Crippen LogP contribution in [0.5, 0.6) is 0 Å². The van der Waals surface area contributed by atoms with Crippen molar-refractivity contribution in [3.05, 3.63) is 0 Å². The van der Waals surface area contributed by atoms with Crippen LogP contribution in [0.1, 0.15) is 112 Å². The molecule has 150 valence electrons. The summed E-state index contributed by atoms with van der Waals surface area (Å²) in [6, 6.07) is 0. The lowest BCUT2D eigenvalue weighted by Crippen LogP contribution is -2.42. The fourth-order valence-electron chi connectivity index (χ4n) is 3.29. The fourth-order valence-corrected chi connectivity index (χ4v) is 3.29. The molecule has 3 nitrogen and oxygen atoms in total. The second-order valence-electron chi connectivity index (χ2n) is 8.55. The minimum atomic E-state index is -0.957. The highest BCUT2D eigenvalue weighted by atomic mass is 16.6. The van der Waals surface area contributed by atoms with E-state index in [1.165, 1.54) is 51.4 Å². The van der Waals surface area contributed by atoms with Crippen molar-refractivity contribution in [2.45, 2.75) is 124 Å². The van der Waals surface area contributed by atoms with Gasteiger partial charge in [0, 0.05) is 0 Å². The van der Waals surface area contributed by atoms with Gasteiger partial charge in [0.05, 0.1) is 11.5 Å². The van der Waals surface area contributed by atoms with Crippen LogP contribution in [0, 0.1) is 11.8 Å². The summed E-state index contributed by atoms with van der Waals surface area (Å²) in [6.07, 6.45) is 12.7. The van der Waals surface area contributed by atoms with Crippen LogP contribution in [-0.4, -0.2) is 22.8 Å². The van der Waals surface area contributed by atoms with Gasteiger partial charge in [0.1, 0.15) is 6.10 Å². The highest BCUT2D eigenvalue weighted by molar-refractivity contribution is 5.72. The van der Waals surface area contributed by atoms with Gasteiger partial charge in [-0.1, -0.05) is 85.5 Å². The van der Waals surface area contributed by atoms with E-state index in [0.717, 1.165) is 12.8 Å². The molecule has 3 unspecified atom stereocenters. The zero-order valence-electron chi connectivity index (χ0n) is 17.8. The van der Waals surface area contributed by atoms with Gasteiger partial charge in [-0.15, -0.1) is 0 Å². The van der Waals surface area contributed by atoms with E-state index >= 15 is 0 Å². The Bertz CT molecular complexity index is 336. The molecule has 0 aromatic carbocycles. The number of unbranched alkanes of at least 4 members (excludes halogenated alkanes) is 8. The van der Waals surface area contributed by atoms with Crippen LogP contribution in [0.25, 0.3) is 0 Å². The molecule has 0 aliphatic carbocycles. The zero-order chi connectivity index (χ0) is 19.3. The lowest BCUT2D eigenvalue weighted by Gasteiger charge is -2.32. The lowest BCUT2D eigenvalue weighted by molar-refractivity contribution is -0.167. The first kappa shape index (κ1) is 24.4. The summed E-state index contributed by atoms with van der Waals surface area (Å²) in [6.45, 7) is 11.9. The van der Waals surface area contributed by atoms with Gasteiger partial charge in [0.2, 0.25) is 0 Å². The van der Waals surface area contributed by atoms with Crippen molar-refractivity contribution < 1.29 is 14.6 Å². The molecule has 0 rings (SSSR count). The Morgan fingerprint density at radius 1 is 0.920 bits per heavy atom. The van der Waals surface area contributed by atoms with Crippen molar-refractivity contribution >= 4 is 5.97 Å². The van der Waals surface area contributed by atoms with Crippen molar-refractivity contribution in [1.29, 1.82) is 0 Å². The van der Waals surface area contributed by atoms with E-state index in [1.54, 1.807) is 13.8 Å². The third-order valence-electron chi connectivity index (χ3n) is 5.13. The highest BCUT2D eigenvalue weighted by Crippen LogP contribution is 2.24. The second-order valence-corrected chi connectivity index (χ2v) is 8.55. The van der Waals surface area contributed by atoms with E-state index in [1.807, 2.05) is 6.92 Å². The second kappa shape index (κ2) is 13.6. The normalized spacial score (nSPS) is 16.5. The van der Waals surface area contributed by atoms with E-state index < -0.39 is 11.7 Å².